The van der Waals surface area contributed by atoms with Gasteiger partial charge in [0.15, 0.2) is 5.82 Å². The molecule has 316 valence electrons. The first-order chi connectivity index (χ1) is 29.7. The molecule has 6 aromatic rings. The monoisotopic (exact) mass is 877 g/mol. The van der Waals surface area contributed by atoms with Crippen molar-refractivity contribution in [3.8, 4) is 11.1 Å². The molecule has 0 spiro atoms. The lowest BCUT2D eigenvalue weighted by Gasteiger charge is -2.36. The Balaban J connectivity index is 0.934. The number of nitrogens with zero attached hydrogens (tertiary/aromatic N) is 6. The van der Waals surface area contributed by atoms with E-state index in [1.165, 1.54) is 29.6 Å². The van der Waals surface area contributed by atoms with Crippen molar-refractivity contribution in [1.82, 2.24) is 25.3 Å². The quantitative estimate of drug-likeness (QED) is 0.0458. The molecule has 1 aromatic heterocycles. The Morgan fingerprint density at radius 2 is 1.59 bits per heavy atom. The summed E-state index contributed by atoms with van der Waals surface area (Å²) in [6, 6.07) is 35.9. The minimum atomic E-state index is -4.28. The summed E-state index contributed by atoms with van der Waals surface area (Å²) in [4.78, 5) is 26.2. The Kier molecular flexibility index (Phi) is 13.6. The molecule has 0 bridgehead atoms. The Morgan fingerprint density at radius 3 is 2.34 bits per heavy atom. The standard InChI is InChI=1S/C45H48ClN9O4S2/c46-35-13-16-40(33-9-3-1-4-10-33)34(27-35)30-52-23-25-53(26-24-52)37-14-17-41-43(28-37)47-32-48-45(41)51-61(58,59)39-15-18-42(44(29-39)55(56)57)50-36(19-20-49-54-21-7-8-22-54)31-60-38-11-5-2-6-12-38/h1-6,9-18,27-29,32,36,49-50H,7-8,19-26,30-31H2,(H,47,48,51). The van der Waals surface area contributed by atoms with Gasteiger partial charge in [-0.05, 0) is 90.6 Å². The number of sulfonamides is 1. The molecule has 2 fully saturated rings. The molecule has 0 amide bonds. The van der Waals surface area contributed by atoms with Gasteiger partial charge in [0, 0.05) is 91.2 Å². The Labute approximate surface area is 365 Å². The summed E-state index contributed by atoms with van der Waals surface area (Å²) in [5.74, 6) is 0.744. The fourth-order valence-corrected chi connectivity index (χ4v) is 10.1. The van der Waals surface area contributed by atoms with E-state index in [1.54, 1.807) is 11.8 Å². The number of fused-ring (bicyclic) bond motifs is 1. The van der Waals surface area contributed by atoms with Gasteiger partial charge in [-0.15, -0.1) is 11.8 Å². The third-order valence-electron chi connectivity index (χ3n) is 11.1. The molecule has 3 N–H and O–H groups in total. The van der Waals surface area contributed by atoms with E-state index in [2.05, 4.69) is 64.5 Å². The SMILES string of the molecule is O=[N+]([O-])c1cc(S(=O)(=O)Nc2ncnc3cc(N4CCN(Cc5cc(Cl)ccc5-c5ccccc5)CC4)ccc23)ccc1NC(CCNN1CCCC1)CSc1ccccc1. The second-order valence-corrected chi connectivity index (χ2v) is 18.5. The Hall–Kier alpha value is -5.29. The van der Waals surface area contributed by atoms with Crippen LogP contribution in [0, 0.1) is 10.1 Å². The highest BCUT2D eigenvalue weighted by Gasteiger charge is 2.25. The molecule has 0 radical (unpaired) electrons. The van der Waals surface area contributed by atoms with Crippen LogP contribution in [0.15, 0.2) is 131 Å². The number of hydrogen-bond donors (Lipinski definition) is 3. The molecule has 2 saturated heterocycles. The van der Waals surface area contributed by atoms with E-state index in [-0.39, 0.29) is 28.1 Å². The summed E-state index contributed by atoms with van der Waals surface area (Å²) in [6.45, 7) is 6.75. The number of nitro benzene ring substituents is 1. The minimum absolute atomic E-state index is 0.0884. The second-order valence-electron chi connectivity index (χ2n) is 15.3. The molecule has 2 aliphatic heterocycles. The number of aromatic nitrogens is 2. The third-order valence-corrected chi connectivity index (χ3v) is 13.8. The average Bonchev–Trinajstić information content (AvgIpc) is 3.80. The van der Waals surface area contributed by atoms with Crippen LogP contribution in [0.25, 0.3) is 22.0 Å². The van der Waals surface area contributed by atoms with E-state index in [1.807, 2.05) is 72.8 Å². The first kappa shape index (κ1) is 42.4. The van der Waals surface area contributed by atoms with Gasteiger partial charge in [0.1, 0.15) is 12.0 Å². The predicted molar refractivity (Wildman–Crippen MR) is 246 cm³/mol. The van der Waals surface area contributed by atoms with E-state index in [0.717, 1.165) is 85.9 Å². The van der Waals surface area contributed by atoms with Gasteiger partial charge in [-0.3, -0.25) is 25.2 Å². The van der Waals surface area contributed by atoms with Crippen molar-refractivity contribution in [2.45, 2.75) is 41.6 Å². The summed E-state index contributed by atoms with van der Waals surface area (Å²) in [5, 5.41) is 19.2. The topological polar surface area (TPSA) is 149 Å². The Bertz CT molecular complexity index is 2560. The van der Waals surface area contributed by atoms with Crippen LogP contribution in [0.1, 0.15) is 24.8 Å². The van der Waals surface area contributed by atoms with Gasteiger partial charge in [-0.25, -0.2) is 23.4 Å². The van der Waals surface area contributed by atoms with E-state index in [4.69, 9.17) is 11.6 Å². The van der Waals surface area contributed by atoms with Gasteiger partial charge in [0.2, 0.25) is 0 Å². The molecular weight excluding hydrogens is 830 g/mol. The number of piperazine rings is 1. The second kappa shape index (κ2) is 19.6. The van der Waals surface area contributed by atoms with Crippen molar-refractivity contribution in [2.24, 2.45) is 0 Å². The van der Waals surface area contributed by atoms with Crippen molar-refractivity contribution in [2.75, 3.05) is 66.5 Å². The molecule has 1 atom stereocenters. The normalized spacial score (nSPS) is 15.5. The Morgan fingerprint density at radius 1 is 0.836 bits per heavy atom. The molecule has 0 saturated carbocycles. The summed E-state index contributed by atoms with van der Waals surface area (Å²) in [7, 11) is -4.28. The summed E-state index contributed by atoms with van der Waals surface area (Å²) >= 11 is 8.10. The van der Waals surface area contributed by atoms with E-state index in [0.29, 0.717) is 29.6 Å². The lowest BCUT2D eigenvalue weighted by Crippen LogP contribution is -2.46. The number of nitro groups is 1. The number of benzene rings is 5. The zero-order chi connectivity index (χ0) is 42.2. The number of nitrogens with one attached hydrogen (secondary N) is 3. The third kappa shape index (κ3) is 10.8. The van der Waals surface area contributed by atoms with Crippen LogP contribution in [-0.4, -0.2) is 90.8 Å². The largest absolute Gasteiger partial charge is 0.376 e. The van der Waals surface area contributed by atoms with Crippen molar-refractivity contribution in [3.05, 3.63) is 142 Å². The van der Waals surface area contributed by atoms with Crippen molar-refractivity contribution < 1.29 is 13.3 Å². The number of hydrogen-bond acceptors (Lipinski definition) is 12. The zero-order valence-electron chi connectivity index (χ0n) is 33.6. The van der Waals surface area contributed by atoms with Crippen LogP contribution in [-0.2, 0) is 16.6 Å². The van der Waals surface area contributed by atoms with Crippen molar-refractivity contribution in [1.29, 1.82) is 0 Å². The fraction of sp³-hybridized carbons (Fsp3) is 0.289. The van der Waals surface area contributed by atoms with Crippen LogP contribution in [0.2, 0.25) is 5.02 Å². The molecule has 2 aliphatic rings. The number of hydrazine groups is 1. The molecule has 61 heavy (non-hydrogen) atoms. The number of halogens is 1. The number of anilines is 3. The maximum absolute atomic E-state index is 13.8. The highest BCUT2D eigenvalue weighted by Crippen LogP contribution is 2.33. The first-order valence-corrected chi connectivity index (χ1v) is 23.3. The van der Waals surface area contributed by atoms with Crippen LogP contribution in [0.3, 0.4) is 0 Å². The summed E-state index contributed by atoms with van der Waals surface area (Å²) < 4.78 is 30.2. The van der Waals surface area contributed by atoms with Gasteiger partial charge < -0.3 is 10.2 Å². The highest BCUT2D eigenvalue weighted by atomic mass is 35.5. The smallest absolute Gasteiger partial charge is 0.293 e. The van der Waals surface area contributed by atoms with Gasteiger partial charge in [0.05, 0.1) is 15.3 Å². The van der Waals surface area contributed by atoms with E-state index in [9.17, 15) is 18.5 Å². The molecular formula is C45H48ClN9O4S2. The molecule has 8 rings (SSSR count). The lowest BCUT2D eigenvalue weighted by atomic mass is 9.99. The number of thioether (sulfide) groups is 1. The van der Waals surface area contributed by atoms with Gasteiger partial charge >= 0.3 is 0 Å². The van der Waals surface area contributed by atoms with E-state index >= 15 is 0 Å². The first-order valence-electron chi connectivity index (χ1n) is 20.5. The highest BCUT2D eigenvalue weighted by molar-refractivity contribution is 7.99. The summed E-state index contributed by atoms with van der Waals surface area (Å²) in [6.07, 6.45) is 4.34. The van der Waals surface area contributed by atoms with E-state index < -0.39 is 14.9 Å². The number of rotatable bonds is 17. The maximum Gasteiger partial charge on any atom is 0.293 e. The maximum atomic E-state index is 13.8. The average molecular weight is 879 g/mol. The zero-order valence-corrected chi connectivity index (χ0v) is 36.0. The molecule has 13 nitrogen and oxygen atoms in total. The predicted octanol–water partition coefficient (Wildman–Crippen LogP) is 8.54. The molecule has 16 heteroatoms. The molecule has 0 aliphatic carbocycles. The minimum Gasteiger partial charge on any atom is -0.376 e. The van der Waals surface area contributed by atoms with Crippen molar-refractivity contribution >= 4 is 67.2 Å². The van der Waals surface area contributed by atoms with Crippen LogP contribution >= 0.6 is 23.4 Å². The van der Waals surface area contributed by atoms with Crippen LogP contribution in [0.4, 0.5) is 22.9 Å². The van der Waals surface area contributed by atoms with Gasteiger partial charge in [0.25, 0.3) is 15.7 Å². The fourth-order valence-electron chi connectivity index (χ4n) is 7.86. The van der Waals surface area contributed by atoms with Gasteiger partial charge in [-0.1, -0.05) is 66.2 Å². The lowest BCUT2D eigenvalue weighted by molar-refractivity contribution is -0.384. The molecule has 5 aromatic carbocycles. The van der Waals surface area contributed by atoms with Crippen LogP contribution in [0.5, 0.6) is 0 Å². The molecule has 1 unspecified atom stereocenters. The van der Waals surface area contributed by atoms with Crippen LogP contribution < -0.4 is 20.4 Å². The summed E-state index contributed by atoms with van der Waals surface area (Å²) in [5.41, 5.74) is 8.47. The van der Waals surface area contributed by atoms with Gasteiger partial charge in [-0.2, -0.15) is 0 Å². The molecule has 3 heterocycles. The van der Waals surface area contributed by atoms with Crippen molar-refractivity contribution in [3.63, 3.8) is 0 Å².